The molecular weight excluding hydrogens is 512 g/mol. The first kappa shape index (κ1) is 25.4. The summed E-state index contributed by atoms with van der Waals surface area (Å²) in [5.74, 6) is 0.462. The molecule has 2 saturated heterocycles. The fourth-order valence-electron chi connectivity index (χ4n) is 4.93. The largest absolute Gasteiger partial charge is 0.342 e. The van der Waals surface area contributed by atoms with Gasteiger partial charge < -0.3 is 9.80 Å². The lowest BCUT2D eigenvalue weighted by atomic mass is 9.97. The zero-order chi connectivity index (χ0) is 24.9. The predicted molar refractivity (Wildman–Crippen MR) is 146 cm³/mol. The summed E-state index contributed by atoms with van der Waals surface area (Å²) in [5.41, 5.74) is 1.44. The lowest BCUT2D eigenvalue weighted by Gasteiger charge is -2.34. The molecule has 1 aromatic carbocycles. The van der Waals surface area contributed by atoms with Crippen molar-refractivity contribution >= 4 is 46.1 Å². The van der Waals surface area contributed by atoms with Gasteiger partial charge in [-0.3, -0.25) is 14.5 Å². The van der Waals surface area contributed by atoms with Crippen LogP contribution in [0.15, 0.2) is 47.2 Å². The Morgan fingerprint density at radius 2 is 1.72 bits per heavy atom. The zero-order valence-corrected chi connectivity index (χ0v) is 22.7. The van der Waals surface area contributed by atoms with Gasteiger partial charge in [0.1, 0.15) is 5.69 Å². The van der Waals surface area contributed by atoms with Gasteiger partial charge in [-0.25, -0.2) is 4.98 Å². The predicted octanol–water partition coefficient (Wildman–Crippen LogP) is 4.81. The molecule has 2 fully saturated rings. The summed E-state index contributed by atoms with van der Waals surface area (Å²) in [6, 6.07) is 11.8. The van der Waals surface area contributed by atoms with Crippen molar-refractivity contribution in [2.75, 3.05) is 45.8 Å². The summed E-state index contributed by atoms with van der Waals surface area (Å²) >= 11 is 9.61. The van der Waals surface area contributed by atoms with Gasteiger partial charge in [0.05, 0.1) is 11.4 Å². The highest BCUT2D eigenvalue weighted by molar-refractivity contribution is 7.10. The molecule has 0 spiro atoms. The van der Waals surface area contributed by atoms with Crippen LogP contribution in [0.25, 0.3) is 0 Å². The van der Waals surface area contributed by atoms with Crippen molar-refractivity contribution in [2.45, 2.75) is 31.6 Å². The smallest absolute Gasteiger partial charge is 0.273 e. The molecule has 0 unspecified atom stereocenters. The van der Waals surface area contributed by atoms with Gasteiger partial charge in [0.2, 0.25) is 5.91 Å². The Morgan fingerprint density at radius 1 is 0.944 bits per heavy atom. The first-order chi connectivity index (χ1) is 17.6. The number of piperidine rings is 1. The van der Waals surface area contributed by atoms with Gasteiger partial charge in [0, 0.05) is 67.0 Å². The molecule has 4 heterocycles. The number of hydrogen-bond donors (Lipinski definition) is 0. The highest BCUT2D eigenvalue weighted by Gasteiger charge is 2.28. The summed E-state index contributed by atoms with van der Waals surface area (Å²) < 4.78 is 0. The topological polar surface area (TPSA) is 56.8 Å². The Kier molecular flexibility index (Phi) is 8.36. The Labute approximate surface area is 225 Å². The van der Waals surface area contributed by atoms with Gasteiger partial charge in [-0.15, -0.1) is 22.7 Å². The van der Waals surface area contributed by atoms with Crippen molar-refractivity contribution in [3.05, 3.63) is 73.3 Å². The SMILES string of the molecule is O=C(Cc1ccccc1Cl)N1CCC(c2nc(C(=O)N3CCN(CCc4cccs4)CC3)cs2)CC1. The fraction of sp³-hybridized carbons (Fsp3) is 0.444. The first-order valence-electron chi connectivity index (χ1n) is 12.6. The third-order valence-electron chi connectivity index (χ3n) is 7.15. The Balaban J connectivity index is 1.08. The Hall–Kier alpha value is -2.26. The molecule has 2 aliphatic rings. The van der Waals surface area contributed by atoms with E-state index in [1.807, 2.05) is 50.8 Å². The van der Waals surface area contributed by atoms with Crippen molar-refractivity contribution in [3.63, 3.8) is 0 Å². The number of hydrogen-bond acceptors (Lipinski definition) is 6. The molecule has 0 aliphatic carbocycles. The molecule has 2 aliphatic heterocycles. The van der Waals surface area contributed by atoms with E-state index in [1.54, 1.807) is 11.3 Å². The maximum absolute atomic E-state index is 13.1. The highest BCUT2D eigenvalue weighted by atomic mass is 35.5. The number of carbonyl (C=O) groups excluding carboxylic acids is 2. The molecule has 0 N–H and O–H groups in total. The van der Waals surface area contributed by atoms with Crippen LogP contribution in [-0.2, 0) is 17.6 Å². The summed E-state index contributed by atoms with van der Waals surface area (Å²) in [5, 5.41) is 5.70. The highest BCUT2D eigenvalue weighted by Crippen LogP contribution is 2.31. The lowest BCUT2D eigenvalue weighted by Crippen LogP contribution is -2.49. The maximum atomic E-state index is 13.1. The van der Waals surface area contributed by atoms with E-state index in [4.69, 9.17) is 16.6 Å². The van der Waals surface area contributed by atoms with E-state index in [1.165, 1.54) is 4.88 Å². The summed E-state index contributed by atoms with van der Waals surface area (Å²) in [4.78, 5) is 38.3. The molecule has 6 nitrogen and oxygen atoms in total. The van der Waals surface area contributed by atoms with Crippen LogP contribution in [0.2, 0.25) is 5.02 Å². The number of thiazole rings is 1. The molecular formula is C27H31ClN4O2S2. The number of rotatable bonds is 7. The second-order valence-corrected chi connectivity index (χ2v) is 11.8. The van der Waals surface area contributed by atoms with Crippen LogP contribution in [-0.4, -0.2) is 77.3 Å². The molecule has 36 heavy (non-hydrogen) atoms. The van der Waals surface area contributed by atoms with Crippen molar-refractivity contribution in [1.29, 1.82) is 0 Å². The van der Waals surface area contributed by atoms with E-state index in [9.17, 15) is 9.59 Å². The van der Waals surface area contributed by atoms with E-state index in [-0.39, 0.29) is 11.8 Å². The fourth-order valence-corrected chi connectivity index (χ4v) is 6.79. The second-order valence-electron chi connectivity index (χ2n) is 9.46. The molecule has 2 aromatic heterocycles. The van der Waals surface area contributed by atoms with E-state index in [0.717, 1.165) is 62.6 Å². The van der Waals surface area contributed by atoms with Crippen molar-refractivity contribution in [2.24, 2.45) is 0 Å². The molecule has 5 rings (SSSR count). The summed E-state index contributed by atoms with van der Waals surface area (Å²) in [7, 11) is 0. The molecule has 2 amide bonds. The average Bonchev–Trinajstić information content (AvgIpc) is 3.62. The van der Waals surface area contributed by atoms with Crippen LogP contribution in [0.1, 0.15) is 44.7 Å². The van der Waals surface area contributed by atoms with E-state index in [0.29, 0.717) is 36.1 Å². The van der Waals surface area contributed by atoms with Crippen LogP contribution in [0, 0.1) is 0 Å². The van der Waals surface area contributed by atoms with Gasteiger partial charge in [-0.05, 0) is 42.3 Å². The van der Waals surface area contributed by atoms with Gasteiger partial charge in [0.15, 0.2) is 0 Å². The van der Waals surface area contributed by atoms with E-state index >= 15 is 0 Å². The number of likely N-dealkylation sites (tertiary alicyclic amines) is 1. The molecule has 0 atom stereocenters. The third kappa shape index (κ3) is 6.17. The first-order valence-corrected chi connectivity index (χ1v) is 14.7. The maximum Gasteiger partial charge on any atom is 0.273 e. The van der Waals surface area contributed by atoms with Crippen LogP contribution >= 0.6 is 34.3 Å². The van der Waals surface area contributed by atoms with Gasteiger partial charge in [-0.2, -0.15) is 0 Å². The zero-order valence-electron chi connectivity index (χ0n) is 20.3. The number of piperazine rings is 1. The average molecular weight is 543 g/mol. The number of nitrogens with zero attached hydrogens (tertiary/aromatic N) is 4. The monoisotopic (exact) mass is 542 g/mol. The minimum atomic E-state index is 0.0442. The van der Waals surface area contributed by atoms with Gasteiger partial charge in [-0.1, -0.05) is 35.9 Å². The quantitative estimate of drug-likeness (QED) is 0.430. The molecule has 0 radical (unpaired) electrons. The summed E-state index contributed by atoms with van der Waals surface area (Å²) in [6.45, 7) is 5.80. The number of benzene rings is 1. The van der Waals surface area contributed by atoms with Crippen LogP contribution < -0.4 is 0 Å². The molecule has 0 bridgehead atoms. The van der Waals surface area contributed by atoms with Crippen molar-refractivity contribution in [3.8, 4) is 0 Å². The van der Waals surface area contributed by atoms with Crippen molar-refractivity contribution < 1.29 is 9.59 Å². The second kappa shape index (κ2) is 11.9. The molecule has 0 saturated carbocycles. The number of carbonyl (C=O) groups is 2. The molecule has 3 aromatic rings. The summed E-state index contributed by atoms with van der Waals surface area (Å²) in [6.07, 6.45) is 3.16. The Bertz CT molecular complexity index is 1170. The third-order valence-corrected chi connectivity index (χ3v) is 9.46. The minimum absolute atomic E-state index is 0.0442. The van der Waals surface area contributed by atoms with E-state index < -0.39 is 0 Å². The van der Waals surface area contributed by atoms with Gasteiger partial charge >= 0.3 is 0 Å². The minimum Gasteiger partial charge on any atom is -0.342 e. The van der Waals surface area contributed by atoms with Crippen LogP contribution in [0.3, 0.4) is 0 Å². The number of halogens is 1. The van der Waals surface area contributed by atoms with Crippen LogP contribution in [0.5, 0.6) is 0 Å². The van der Waals surface area contributed by atoms with Gasteiger partial charge in [0.25, 0.3) is 5.91 Å². The number of amides is 2. The molecule has 190 valence electrons. The standard InChI is InChI=1S/C27H31ClN4O2S2/c28-23-6-2-1-4-21(23)18-25(33)31-11-7-20(8-12-31)26-29-24(19-36-26)27(34)32-15-13-30(14-16-32)10-9-22-5-3-17-35-22/h1-6,17,19-20H,7-16,18H2. The number of aromatic nitrogens is 1. The van der Waals surface area contributed by atoms with Crippen molar-refractivity contribution in [1.82, 2.24) is 19.7 Å². The van der Waals surface area contributed by atoms with Crippen LogP contribution in [0.4, 0.5) is 0 Å². The lowest BCUT2D eigenvalue weighted by molar-refractivity contribution is -0.131. The molecule has 9 heteroatoms. The Morgan fingerprint density at radius 3 is 2.44 bits per heavy atom. The normalized spacial score (nSPS) is 17.5. The number of thiophene rings is 1. The van der Waals surface area contributed by atoms with E-state index in [2.05, 4.69) is 22.4 Å².